The number of rotatable bonds is 5. The topological polar surface area (TPSA) is 66.8 Å². The predicted octanol–water partition coefficient (Wildman–Crippen LogP) is 2.63. The second-order valence-corrected chi connectivity index (χ2v) is 6.81. The van der Waals surface area contributed by atoms with Crippen molar-refractivity contribution in [3.8, 4) is 0 Å². The van der Waals surface area contributed by atoms with Crippen LogP contribution in [0.1, 0.15) is 25.1 Å². The standard InChI is InChI=1S/C19H23N5O/c25-19(8-7-18-21-16-5-1-2-6-17(16)22-18)24-10-3-4-15(13-24)12-23-11-9-20-14-23/h1-2,5-6,9,11,14-15H,3-4,7-8,10,12-13H2,(H,21,22)/t15-/m1/s1. The number of nitrogens with zero attached hydrogens (tertiary/aromatic N) is 4. The summed E-state index contributed by atoms with van der Waals surface area (Å²) in [6.45, 7) is 2.66. The van der Waals surface area contributed by atoms with E-state index in [1.54, 1.807) is 6.20 Å². The first-order chi connectivity index (χ1) is 12.3. The summed E-state index contributed by atoms with van der Waals surface area (Å²) < 4.78 is 2.10. The van der Waals surface area contributed by atoms with Gasteiger partial charge in [-0.25, -0.2) is 9.97 Å². The number of H-pyrrole nitrogens is 1. The molecule has 0 radical (unpaired) electrons. The minimum Gasteiger partial charge on any atom is -0.342 e. The van der Waals surface area contributed by atoms with Crippen LogP contribution in [-0.4, -0.2) is 43.4 Å². The second kappa shape index (κ2) is 7.09. The molecule has 1 aliphatic rings. The summed E-state index contributed by atoms with van der Waals surface area (Å²) in [6.07, 6.45) is 9.07. The molecule has 0 spiro atoms. The van der Waals surface area contributed by atoms with Crippen molar-refractivity contribution in [3.63, 3.8) is 0 Å². The van der Waals surface area contributed by atoms with E-state index in [9.17, 15) is 4.79 Å². The maximum Gasteiger partial charge on any atom is 0.223 e. The van der Waals surface area contributed by atoms with Crippen molar-refractivity contribution < 1.29 is 4.79 Å². The molecular weight excluding hydrogens is 314 g/mol. The Balaban J connectivity index is 1.32. The Hall–Kier alpha value is -2.63. The molecule has 0 unspecified atom stereocenters. The molecule has 1 aromatic carbocycles. The summed E-state index contributed by atoms with van der Waals surface area (Å²) in [5.41, 5.74) is 1.99. The Kier molecular flexibility index (Phi) is 4.50. The van der Waals surface area contributed by atoms with Crippen molar-refractivity contribution >= 4 is 16.9 Å². The zero-order valence-corrected chi connectivity index (χ0v) is 14.3. The lowest BCUT2D eigenvalue weighted by atomic mass is 9.97. The van der Waals surface area contributed by atoms with E-state index < -0.39 is 0 Å². The summed E-state index contributed by atoms with van der Waals surface area (Å²) in [5, 5.41) is 0. The molecular formula is C19H23N5O. The van der Waals surface area contributed by atoms with Crippen molar-refractivity contribution in [1.82, 2.24) is 24.4 Å². The lowest BCUT2D eigenvalue weighted by Crippen LogP contribution is -2.41. The number of carbonyl (C=O) groups is 1. The Morgan fingerprint density at radius 2 is 2.24 bits per heavy atom. The molecule has 1 saturated heterocycles. The number of likely N-dealkylation sites (tertiary alicyclic amines) is 1. The van der Waals surface area contributed by atoms with Gasteiger partial charge in [-0.15, -0.1) is 0 Å². The van der Waals surface area contributed by atoms with E-state index >= 15 is 0 Å². The molecule has 6 nitrogen and oxygen atoms in total. The van der Waals surface area contributed by atoms with Gasteiger partial charge >= 0.3 is 0 Å². The van der Waals surface area contributed by atoms with Crippen molar-refractivity contribution in [2.45, 2.75) is 32.2 Å². The van der Waals surface area contributed by atoms with Gasteiger partial charge in [0.1, 0.15) is 5.82 Å². The second-order valence-electron chi connectivity index (χ2n) is 6.81. The number of imidazole rings is 2. The molecule has 3 heterocycles. The summed E-state index contributed by atoms with van der Waals surface area (Å²) >= 11 is 0. The van der Waals surface area contributed by atoms with Gasteiger partial charge in [0.15, 0.2) is 0 Å². The quantitative estimate of drug-likeness (QED) is 0.778. The van der Waals surface area contributed by atoms with Gasteiger partial charge in [0, 0.05) is 44.9 Å². The van der Waals surface area contributed by atoms with E-state index in [2.05, 4.69) is 19.5 Å². The fourth-order valence-electron chi connectivity index (χ4n) is 3.64. The van der Waals surface area contributed by atoms with Gasteiger partial charge in [-0.3, -0.25) is 4.79 Å². The van der Waals surface area contributed by atoms with E-state index in [0.29, 0.717) is 18.8 Å². The SMILES string of the molecule is O=C(CCc1nc2ccccc2[nH]1)N1CCC[C@H](Cn2ccnc2)C1. The molecule has 25 heavy (non-hydrogen) atoms. The number of piperidine rings is 1. The van der Waals surface area contributed by atoms with E-state index in [4.69, 9.17) is 0 Å². The number of aryl methyl sites for hydroxylation is 1. The van der Waals surface area contributed by atoms with Crippen LogP contribution in [0.15, 0.2) is 43.0 Å². The molecule has 1 N–H and O–H groups in total. The number of aromatic amines is 1. The van der Waals surface area contributed by atoms with Crippen molar-refractivity contribution in [3.05, 3.63) is 48.8 Å². The molecule has 1 amide bonds. The van der Waals surface area contributed by atoms with Crippen LogP contribution in [0.4, 0.5) is 0 Å². The number of fused-ring (bicyclic) bond motifs is 1. The highest BCUT2D eigenvalue weighted by atomic mass is 16.2. The fourth-order valence-corrected chi connectivity index (χ4v) is 3.64. The van der Waals surface area contributed by atoms with E-state index in [-0.39, 0.29) is 5.91 Å². The Bertz CT molecular complexity index is 806. The molecule has 0 saturated carbocycles. The van der Waals surface area contributed by atoms with Gasteiger partial charge in [0.2, 0.25) is 5.91 Å². The molecule has 2 aromatic heterocycles. The molecule has 0 aliphatic carbocycles. The van der Waals surface area contributed by atoms with Crippen molar-refractivity contribution in [2.24, 2.45) is 5.92 Å². The first kappa shape index (κ1) is 15.9. The maximum absolute atomic E-state index is 12.6. The number of para-hydroxylation sites is 2. The van der Waals surface area contributed by atoms with Crippen LogP contribution in [0.3, 0.4) is 0 Å². The molecule has 1 fully saturated rings. The zero-order valence-electron chi connectivity index (χ0n) is 14.3. The minimum absolute atomic E-state index is 0.232. The number of benzene rings is 1. The van der Waals surface area contributed by atoms with E-state index in [1.807, 2.05) is 41.7 Å². The van der Waals surface area contributed by atoms with Crippen LogP contribution in [0.5, 0.6) is 0 Å². The highest BCUT2D eigenvalue weighted by molar-refractivity contribution is 5.77. The van der Waals surface area contributed by atoms with Crippen LogP contribution >= 0.6 is 0 Å². The lowest BCUT2D eigenvalue weighted by molar-refractivity contribution is -0.133. The monoisotopic (exact) mass is 337 g/mol. The number of hydrogen-bond acceptors (Lipinski definition) is 3. The van der Waals surface area contributed by atoms with Crippen molar-refractivity contribution in [1.29, 1.82) is 0 Å². The van der Waals surface area contributed by atoms with Crippen LogP contribution in [-0.2, 0) is 17.8 Å². The zero-order chi connectivity index (χ0) is 17.1. The smallest absolute Gasteiger partial charge is 0.223 e. The number of nitrogens with one attached hydrogen (secondary N) is 1. The molecule has 3 aromatic rings. The average Bonchev–Trinajstić information content (AvgIpc) is 3.29. The number of carbonyl (C=O) groups excluding carboxylic acids is 1. The Labute approximate surface area is 146 Å². The van der Waals surface area contributed by atoms with Crippen LogP contribution in [0.2, 0.25) is 0 Å². The molecule has 130 valence electrons. The van der Waals surface area contributed by atoms with Crippen LogP contribution in [0.25, 0.3) is 11.0 Å². The summed E-state index contributed by atoms with van der Waals surface area (Å²) in [4.78, 5) is 26.6. The first-order valence-corrected chi connectivity index (χ1v) is 8.95. The van der Waals surface area contributed by atoms with Gasteiger partial charge < -0.3 is 14.5 Å². The van der Waals surface area contributed by atoms with Gasteiger partial charge in [0.05, 0.1) is 17.4 Å². The first-order valence-electron chi connectivity index (χ1n) is 8.95. The normalized spacial score (nSPS) is 17.9. The molecule has 1 atom stereocenters. The molecule has 1 aliphatic heterocycles. The maximum atomic E-state index is 12.6. The number of amides is 1. The van der Waals surface area contributed by atoms with Gasteiger partial charge in [0.25, 0.3) is 0 Å². The third-order valence-corrected chi connectivity index (χ3v) is 4.91. The summed E-state index contributed by atoms with van der Waals surface area (Å²) in [6, 6.07) is 7.97. The number of aromatic nitrogens is 4. The highest BCUT2D eigenvalue weighted by Gasteiger charge is 2.23. The lowest BCUT2D eigenvalue weighted by Gasteiger charge is -2.33. The third-order valence-electron chi connectivity index (χ3n) is 4.91. The van der Waals surface area contributed by atoms with Gasteiger partial charge in [-0.2, -0.15) is 0 Å². The average molecular weight is 337 g/mol. The van der Waals surface area contributed by atoms with Gasteiger partial charge in [-0.1, -0.05) is 12.1 Å². The van der Waals surface area contributed by atoms with E-state index in [1.165, 1.54) is 6.42 Å². The molecule has 4 rings (SSSR count). The van der Waals surface area contributed by atoms with Gasteiger partial charge in [-0.05, 0) is 30.9 Å². The molecule has 0 bridgehead atoms. The summed E-state index contributed by atoms with van der Waals surface area (Å²) in [5.74, 6) is 1.63. The number of hydrogen-bond donors (Lipinski definition) is 1. The molecule has 6 heteroatoms. The Morgan fingerprint density at radius 1 is 1.32 bits per heavy atom. The highest BCUT2D eigenvalue weighted by Crippen LogP contribution is 2.19. The predicted molar refractivity (Wildman–Crippen MR) is 95.9 cm³/mol. The van der Waals surface area contributed by atoms with Crippen LogP contribution in [0, 0.1) is 5.92 Å². The van der Waals surface area contributed by atoms with Crippen LogP contribution < -0.4 is 0 Å². The van der Waals surface area contributed by atoms with Crippen molar-refractivity contribution in [2.75, 3.05) is 13.1 Å². The largest absolute Gasteiger partial charge is 0.342 e. The van der Waals surface area contributed by atoms with E-state index in [0.717, 1.165) is 42.9 Å². The minimum atomic E-state index is 0.232. The Morgan fingerprint density at radius 3 is 3.08 bits per heavy atom. The summed E-state index contributed by atoms with van der Waals surface area (Å²) in [7, 11) is 0. The third kappa shape index (κ3) is 3.73. The fraction of sp³-hybridized carbons (Fsp3) is 0.421.